The minimum absolute atomic E-state index is 1.10. The smallest absolute Gasteiger partial charge is 0.0561 e. The molecule has 11 rings (SSSR count). The normalized spacial score (nSPS) is 11.4. The molecule has 0 fully saturated rings. The van der Waals surface area contributed by atoms with Gasteiger partial charge in [0, 0.05) is 33.5 Å². The van der Waals surface area contributed by atoms with E-state index in [9.17, 15) is 0 Å². The molecular weight excluding hydrogens is 701 g/mol. The predicted molar refractivity (Wildman–Crippen MR) is 247 cm³/mol. The van der Waals surface area contributed by atoms with E-state index in [-0.39, 0.29) is 0 Å². The second-order valence-electron chi connectivity index (χ2n) is 14.9. The summed E-state index contributed by atoms with van der Waals surface area (Å²) in [5.74, 6) is 0. The highest BCUT2D eigenvalue weighted by atomic mass is 15.1. The zero-order valence-electron chi connectivity index (χ0n) is 31.8. The second kappa shape index (κ2) is 14.1. The van der Waals surface area contributed by atoms with Crippen LogP contribution in [0.25, 0.3) is 82.4 Å². The Balaban J connectivity index is 1.07. The molecule has 0 unspecified atom stereocenters. The van der Waals surface area contributed by atoms with Crippen LogP contribution in [0.3, 0.4) is 0 Å². The van der Waals surface area contributed by atoms with Crippen molar-refractivity contribution in [3.05, 3.63) is 231 Å². The van der Waals surface area contributed by atoms with Gasteiger partial charge in [0.25, 0.3) is 0 Å². The summed E-state index contributed by atoms with van der Waals surface area (Å²) in [5.41, 5.74) is 14.2. The molecule has 0 saturated heterocycles. The van der Waals surface area contributed by atoms with Crippen molar-refractivity contribution in [3.8, 4) is 39.1 Å². The number of hydrogen-bond donors (Lipinski definition) is 0. The van der Waals surface area contributed by atoms with E-state index in [1.165, 1.54) is 76.7 Å². The third kappa shape index (κ3) is 5.66. The molecule has 0 aliphatic rings. The van der Waals surface area contributed by atoms with E-state index >= 15 is 0 Å². The number of benzene rings is 10. The molecule has 2 heteroatoms. The van der Waals surface area contributed by atoms with Crippen LogP contribution in [-0.2, 0) is 0 Å². The van der Waals surface area contributed by atoms with Crippen LogP contribution in [0.5, 0.6) is 0 Å². The van der Waals surface area contributed by atoms with E-state index in [1.54, 1.807) is 0 Å². The Morgan fingerprint density at radius 1 is 0.259 bits per heavy atom. The molecule has 58 heavy (non-hydrogen) atoms. The van der Waals surface area contributed by atoms with Crippen molar-refractivity contribution in [2.75, 3.05) is 4.90 Å². The number of anilines is 3. The molecule has 0 N–H and O–H groups in total. The summed E-state index contributed by atoms with van der Waals surface area (Å²) in [6.45, 7) is 0. The Hall–Kier alpha value is -7.68. The fraction of sp³-hybridized carbons (Fsp3) is 0. The van der Waals surface area contributed by atoms with Gasteiger partial charge in [-0.2, -0.15) is 0 Å². The van der Waals surface area contributed by atoms with E-state index in [0.717, 1.165) is 22.7 Å². The van der Waals surface area contributed by atoms with Gasteiger partial charge >= 0.3 is 0 Å². The number of hydrogen-bond acceptors (Lipinski definition) is 1. The van der Waals surface area contributed by atoms with Gasteiger partial charge in [0.05, 0.1) is 11.0 Å². The molecule has 11 aromatic rings. The Morgan fingerprint density at radius 2 is 0.724 bits per heavy atom. The van der Waals surface area contributed by atoms with Crippen LogP contribution in [0.2, 0.25) is 0 Å². The average Bonchev–Trinajstić information content (AvgIpc) is 3.63. The van der Waals surface area contributed by atoms with Gasteiger partial charge in [0.1, 0.15) is 0 Å². The standard InChI is InChI=1S/C56H38N2/c1-5-17-40(18-6-1)55-51-27-14-13-25-47(51)48-35-31-42(37-52(48)56(55)41-19-7-2-8-20-41)39-29-32-45(33-30-39)57(43-21-9-3-10-22-43)46-34-36-50-49-26-15-16-28-53(49)58(54(50)38-46)44-23-11-4-12-24-44/h1-38H. The van der Waals surface area contributed by atoms with E-state index in [0.29, 0.717) is 0 Å². The molecule has 0 aliphatic heterocycles. The molecule has 0 radical (unpaired) electrons. The maximum atomic E-state index is 2.40. The van der Waals surface area contributed by atoms with Crippen LogP contribution in [0.15, 0.2) is 231 Å². The lowest BCUT2D eigenvalue weighted by Gasteiger charge is -2.26. The monoisotopic (exact) mass is 738 g/mol. The summed E-state index contributed by atoms with van der Waals surface area (Å²) in [4.78, 5) is 2.36. The largest absolute Gasteiger partial charge is 0.310 e. The topological polar surface area (TPSA) is 8.17 Å². The minimum atomic E-state index is 1.10. The van der Waals surface area contributed by atoms with Gasteiger partial charge in [-0.1, -0.05) is 170 Å². The van der Waals surface area contributed by atoms with Crippen molar-refractivity contribution in [1.82, 2.24) is 4.57 Å². The van der Waals surface area contributed by atoms with Gasteiger partial charge in [-0.25, -0.2) is 0 Å². The Bertz CT molecular complexity index is 3240. The van der Waals surface area contributed by atoms with E-state index < -0.39 is 0 Å². The van der Waals surface area contributed by atoms with E-state index in [2.05, 4.69) is 240 Å². The highest BCUT2D eigenvalue weighted by Gasteiger charge is 2.20. The molecule has 10 aromatic carbocycles. The fourth-order valence-corrected chi connectivity index (χ4v) is 8.96. The highest BCUT2D eigenvalue weighted by molar-refractivity contribution is 6.22. The van der Waals surface area contributed by atoms with Gasteiger partial charge < -0.3 is 9.47 Å². The third-order valence-electron chi connectivity index (χ3n) is 11.6. The van der Waals surface area contributed by atoms with Crippen LogP contribution in [0.1, 0.15) is 0 Å². The van der Waals surface area contributed by atoms with Crippen molar-refractivity contribution in [3.63, 3.8) is 0 Å². The Labute approximate surface area is 338 Å². The number of para-hydroxylation sites is 3. The summed E-state index contributed by atoms with van der Waals surface area (Å²) < 4.78 is 2.39. The zero-order valence-corrected chi connectivity index (χ0v) is 31.8. The van der Waals surface area contributed by atoms with Gasteiger partial charge in [0.2, 0.25) is 0 Å². The number of fused-ring (bicyclic) bond motifs is 6. The summed E-state index contributed by atoms with van der Waals surface area (Å²) in [6, 6.07) is 83.6. The second-order valence-corrected chi connectivity index (χ2v) is 14.9. The molecule has 2 nitrogen and oxygen atoms in total. The number of nitrogens with zero attached hydrogens (tertiary/aromatic N) is 2. The van der Waals surface area contributed by atoms with Crippen LogP contribution < -0.4 is 4.90 Å². The van der Waals surface area contributed by atoms with E-state index in [4.69, 9.17) is 0 Å². The van der Waals surface area contributed by atoms with Gasteiger partial charge in [-0.3, -0.25) is 0 Å². The average molecular weight is 739 g/mol. The molecule has 1 heterocycles. The first-order valence-electron chi connectivity index (χ1n) is 19.9. The lowest BCUT2D eigenvalue weighted by atomic mass is 9.84. The molecule has 0 bridgehead atoms. The fourth-order valence-electron chi connectivity index (χ4n) is 8.96. The summed E-state index contributed by atoms with van der Waals surface area (Å²) in [6.07, 6.45) is 0. The molecule has 272 valence electrons. The summed E-state index contributed by atoms with van der Waals surface area (Å²) in [7, 11) is 0. The van der Waals surface area contributed by atoms with Crippen LogP contribution in [0, 0.1) is 0 Å². The molecular formula is C56H38N2. The quantitative estimate of drug-likeness (QED) is 0.148. The zero-order chi connectivity index (χ0) is 38.4. The summed E-state index contributed by atoms with van der Waals surface area (Å²) in [5, 5.41) is 7.52. The molecule has 0 saturated carbocycles. The van der Waals surface area contributed by atoms with Crippen LogP contribution in [0.4, 0.5) is 17.1 Å². The third-order valence-corrected chi connectivity index (χ3v) is 11.6. The minimum Gasteiger partial charge on any atom is -0.310 e. The molecule has 1 aromatic heterocycles. The molecule has 0 atom stereocenters. The number of aromatic nitrogens is 1. The van der Waals surface area contributed by atoms with E-state index in [1.807, 2.05) is 0 Å². The van der Waals surface area contributed by atoms with Crippen molar-refractivity contribution in [2.24, 2.45) is 0 Å². The molecule has 0 spiro atoms. The first-order valence-corrected chi connectivity index (χ1v) is 19.9. The van der Waals surface area contributed by atoms with Crippen molar-refractivity contribution in [1.29, 1.82) is 0 Å². The lowest BCUT2D eigenvalue weighted by molar-refractivity contribution is 1.18. The van der Waals surface area contributed by atoms with Crippen LogP contribution in [-0.4, -0.2) is 4.57 Å². The summed E-state index contributed by atoms with van der Waals surface area (Å²) >= 11 is 0. The maximum absolute atomic E-state index is 2.40. The molecule has 0 amide bonds. The highest BCUT2D eigenvalue weighted by Crippen LogP contribution is 2.46. The predicted octanol–water partition coefficient (Wildman–Crippen LogP) is 15.6. The van der Waals surface area contributed by atoms with Crippen molar-refractivity contribution >= 4 is 60.4 Å². The SMILES string of the molecule is c1ccc(-c2c(-c3ccccc3)c3cc(-c4ccc(N(c5ccccc5)c5ccc6c7ccccc7n(-c7ccccc7)c6c5)cc4)ccc3c3ccccc23)cc1. The van der Waals surface area contributed by atoms with Crippen molar-refractivity contribution in [2.45, 2.75) is 0 Å². The number of rotatable bonds is 7. The van der Waals surface area contributed by atoms with Gasteiger partial charge in [-0.15, -0.1) is 0 Å². The Morgan fingerprint density at radius 3 is 1.41 bits per heavy atom. The first kappa shape index (κ1) is 33.6. The van der Waals surface area contributed by atoms with Crippen LogP contribution >= 0.6 is 0 Å². The van der Waals surface area contributed by atoms with Gasteiger partial charge in [-0.05, 0) is 116 Å². The molecule has 0 aliphatic carbocycles. The first-order chi connectivity index (χ1) is 28.8. The Kier molecular flexibility index (Phi) is 8.19. The maximum Gasteiger partial charge on any atom is 0.0561 e. The van der Waals surface area contributed by atoms with Gasteiger partial charge in [0.15, 0.2) is 0 Å². The lowest BCUT2D eigenvalue weighted by Crippen LogP contribution is -2.10. The van der Waals surface area contributed by atoms with Crippen molar-refractivity contribution < 1.29 is 0 Å².